The third-order valence-corrected chi connectivity index (χ3v) is 11.5. The van der Waals surface area contributed by atoms with Crippen LogP contribution in [0, 0.1) is 17.0 Å². The number of carboxylic acids is 1. The van der Waals surface area contributed by atoms with E-state index >= 15 is 0 Å². The number of carbonyl (C=O) groups is 5. The van der Waals surface area contributed by atoms with Crippen LogP contribution in [0.5, 0.6) is 11.5 Å². The fourth-order valence-corrected chi connectivity index (χ4v) is 7.74. The number of ether oxygens (including phenoxy) is 5. The highest BCUT2D eigenvalue weighted by Crippen LogP contribution is 2.39. The Labute approximate surface area is 454 Å². The molecule has 1 aromatic heterocycles. The molecule has 1 saturated heterocycles. The van der Waals surface area contributed by atoms with Gasteiger partial charge in [0.1, 0.15) is 40.5 Å². The van der Waals surface area contributed by atoms with Crippen molar-refractivity contribution in [1.29, 1.82) is 0 Å². The Morgan fingerprint density at radius 1 is 1.04 bits per heavy atom. The number of nitrogens with zero attached hydrogens (tertiary/aromatic N) is 3. The third-order valence-electron chi connectivity index (χ3n) is 10.0. The highest BCUT2D eigenvalue weighted by molar-refractivity contribution is 7.51. The van der Waals surface area contributed by atoms with Crippen LogP contribution in [-0.4, -0.2) is 123 Å². The molecule has 0 aliphatic carbocycles. The fourth-order valence-electron chi connectivity index (χ4n) is 6.75. The molecule has 1 aliphatic rings. The number of anilines is 1. The molecular weight excluding hydrogens is 1120 g/mol. The predicted octanol–water partition coefficient (Wildman–Crippen LogP) is 9.46. The van der Waals surface area contributed by atoms with Crippen LogP contribution in [-0.2, 0) is 55.3 Å². The number of para-hydroxylation sites is 1. The van der Waals surface area contributed by atoms with E-state index in [2.05, 4.69) is 23.0 Å². The topological polar surface area (TPSA) is 284 Å². The first-order valence-electron chi connectivity index (χ1n) is 22.3. The molecule has 0 spiro atoms. The van der Waals surface area contributed by atoms with E-state index in [1.165, 1.54) is 11.8 Å². The Balaban J connectivity index is 0.000000372. The number of methoxy groups -OCH3 is 1. The maximum atomic E-state index is 12.7. The average Bonchev–Trinajstić information content (AvgIpc) is 3.99. The SMILES string of the molecule is CC1(C)OC(c2ccco2)CN1C(=O)C(Cl)Cl.CCOC(=O)COC(=O)c1cc(Oc2ccc(C(F)(F)F)cc2Cl)ccc1[N+](=O)[O-].CCc1cccc(C)c1N(C(=O)CCl)C(C)COC.O=C(O)CNCP(=O)(O)O. The van der Waals surface area contributed by atoms with E-state index in [4.69, 9.17) is 84.7 Å². The minimum atomic E-state index is -4.61. The molecule has 2 unspecified atom stereocenters. The van der Waals surface area contributed by atoms with Gasteiger partial charge < -0.3 is 52.8 Å². The highest BCUT2D eigenvalue weighted by atomic mass is 35.5. The Kier molecular flexibility index (Phi) is 27.2. The van der Waals surface area contributed by atoms with Crippen LogP contribution >= 0.6 is 54.0 Å². The van der Waals surface area contributed by atoms with Crippen molar-refractivity contribution < 1.29 is 89.6 Å². The number of nitro benzene ring substituents is 1. The minimum Gasteiger partial charge on any atom is -0.480 e. The van der Waals surface area contributed by atoms with Crippen molar-refractivity contribution in [1.82, 2.24) is 10.2 Å². The molecule has 29 heteroatoms. The van der Waals surface area contributed by atoms with Crippen molar-refractivity contribution in [2.24, 2.45) is 0 Å². The van der Waals surface area contributed by atoms with Crippen molar-refractivity contribution in [2.75, 3.05) is 57.1 Å². The maximum absolute atomic E-state index is 12.7. The van der Waals surface area contributed by atoms with Crippen LogP contribution in [0.4, 0.5) is 24.5 Å². The lowest BCUT2D eigenvalue weighted by Gasteiger charge is -2.31. The smallest absolute Gasteiger partial charge is 0.416 e. The van der Waals surface area contributed by atoms with E-state index in [0.717, 1.165) is 53.6 Å². The van der Waals surface area contributed by atoms with Gasteiger partial charge in [-0.25, -0.2) is 9.59 Å². The Morgan fingerprint density at radius 3 is 2.22 bits per heavy atom. The summed E-state index contributed by atoms with van der Waals surface area (Å²) in [6.45, 7) is 10.9. The zero-order chi connectivity index (χ0) is 57.7. The molecule has 4 aromatic rings. The summed E-state index contributed by atoms with van der Waals surface area (Å²) in [7, 11) is -2.46. The summed E-state index contributed by atoms with van der Waals surface area (Å²) in [6.07, 6.45) is -3.04. The maximum Gasteiger partial charge on any atom is 0.416 e. The second-order valence-electron chi connectivity index (χ2n) is 16.2. The van der Waals surface area contributed by atoms with Gasteiger partial charge in [0.15, 0.2) is 11.4 Å². The number of benzene rings is 3. The second-order valence-corrected chi connectivity index (χ2v) is 19.6. The van der Waals surface area contributed by atoms with E-state index < -0.39 is 83.4 Å². The standard InChI is InChI=1S/C18H13ClF3NO7.C15H22ClNO2.C11H13Cl2NO3.C3H8NO5P/c1-2-28-16(24)9-29-17(25)12-8-11(4-5-14(12)23(26)27)30-15-6-3-10(7-13(15)19)18(20,21)22;1-5-13-8-6-7-11(2)15(13)17(14(18)9-16)12(3)10-19-4;1-11(2)14(10(15)9(12)13)6-8(17-11)7-4-3-5-16-7;5-3(6)1-4-2-10(7,8)9/h3-8H,2,9H2,1H3;6-8,12H,5,9-10H2,1-4H3;3-5,8-9H,6H2,1-2H3;4H,1-2H2,(H,5,6)(H2,7,8,9). The number of rotatable bonds is 19. The van der Waals surface area contributed by atoms with Crippen LogP contribution in [0.3, 0.4) is 0 Å². The molecule has 76 heavy (non-hydrogen) atoms. The molecule has 2 atom stereocenters. The summed E-state index contributed by atoms with van der Waals surface area (Å²) in [4.78, 5) is 86.1. The van der Waals surface area contributed by atoms with Crippen LogP contribution in [0.1, 0.15) is 73.5 Å². The number of hydrogen-bond acceptors (Lipinski definition) is 15. The van der Waals surface area contributed by atoms with Gasteiger partial charge in [-0.2, -0.15) is 13.2 Å². The number of furan rings is 1. The quantitative estimate of drug-likeness (QED) is 0.0223. The lowest BCUT2D eigenvalue weighted by Crippen LogP contribution is -2.45. The lowest BCUT2D eigenvalue weighted by atomic mass is 10.0. The number of hydrogen-bond donors (Lipinski definition) is 4. The number of halogens is 7. The Morgan fingerprint density at radius 2 is 1.71 bits per heavy atom. The molecule has 0 bridgehead atoms. The van der Waals surface area contributed by atoms with Gasteiger partial charge in [-0.1, -0.05) is 59.9 Å². The first-order chi connectivity index (χ1) is 35.4. The highest BCUT2D eigenvalue weighted by Gasteiger charge is 2.45. The molecule has 1 fully saturated rings. The van der Waals surface area contributed by atoms with Crippen molar-refractivity contribution in [3.05, 3.63) is 116 Å². The van der Waals surface area contributed by atoms with Gasteiger partial charge >= 0.3 is 31.7 Å². The monoisotopic (exact) mass is 1180 g/mol. The van der Waals surface area contributed by atoms with Gasteiger partial charge in [0, 0.05) is 19.2 Å². The first-order valence-corrected chi connectivity index (χ1v) is 25.9. The van der Waals surface area contributed by atoms with Crippen molar-refractivity contribution in [3.8, 4) is 11.5 Å². The largest absolute Gasteiger partial charge is 0.480 e. The first kappa shape index (κ1) is 66.6. The summed E-state index contributed by atoms with van der Waals surface area (Å²) in [5.41, 5.74) is 0.310. The van der Waals surface area contributed by atoms with Crippen LogP contribution in [0.2, 0.25) is 5.02 Å². The second kappa shape index (κ2) is 31.0. The van der Waals surface area contributed by atoms with E-state index in [-0.39, 0.29) is 53.0 Å². The molecule has 420 valence electrons. The fraction of sp³-hybridized carbons (Fsp3) is 0.426. The molecule has 2 heterocycles. The third kappa shape index (κ3) is 21.5. The van der Waals surface area contributed by atoms with E-state index in [9.17, 15) is 51.8 Å². The molecule has 3 aromatic carbocycles. The lowest BCUT2D eigenvalue weighted by molar-refractivity contribution is -0.385. The van der Waals surface area contributed by atoms with E-state index in [1.807, 2.05) is 32.0 Å². The number of aliphatic carboxylic acids is 1. The summed E-state index contributed by atoms with van der Waals surface area (Å²) < 4.78 is 79.0. The number of nitrogens with one attached hydrogen (secondary N) is 1. The van der Waals surface area contributed by atoms with Crippen LogP contribution < -0.4 is 15.0 Å². The van der Waals surface area contributed by atoms with E-state index in [1.54, 1.807) is 38.2 Å². The number of carboxylic acid groups (broad SMARTS) is 1. The number of esters is 2. The Hall–Kier alpha value is -5.53. The number of amides is 2. The van der Waals surface area contributed by atoms with E-state index in [0.29, 0.717) is 25.0 Å². The summed E-state index contributed by atoms with van der Waals surface area (Å²) in [5.74, 6) is -3.28. The Bertz CT molecular complexity index is 2640. The van der Waals surface area contributed by atoms with Crippen molar-refractivity contribution >= 4 is 95.1 Å². The van der Waals surface area contributed by atoms with Crippen molar-refractivity contribution in [2.45, 2.75) is 76.8 Å². The number of nitro groups is 1. The van der Waals surface area contributed by atoms with Gasteiger partial charge in [-0.3, -0.25) is 34.4 Å². The average molecular weight is 1180 g/mol. The molecule has 0 radical (unpaired) electrons. The molecule has 4 N–H and O–H groups in total. The van der Waals surface area contributed by atoms with Gasteiger partial charge in [0.05, 0.1) is 66.1 Å². The van der Waals surface area contributed by atoms with Crippen molar-refractivity contribution in [3.63, 3.8) is 0 Å². The predicted molar refractivity (Wildman–Crippen MR) is 273 cm³/mol. The number of alkyl halides is 6. The van der Waals surface area contributed by atoms with Gasteiger partial charge in [-0.15, -0.1) is 11.6 Å². The molecule has 2 amide bonds. The molecule has 1 aliphatic heterocycles. The van der Waals surface area contributed by atoms with Gasteiger partial charge in [-0.05, 0) is 88.6 Å². The van der Waals surface area contributed by atoms with Gasteiger partial charge in [0.25, 0.3) is 11.6 Å². The van der Waals surface area contributed by atoms with Crippen LogP contribution in [0.15, 0.2) is 77.4 Å². The summed E-state index contributed by atoms with van der Waals surface area (Å²) in [5, 5.41) is 20.9. The number of aryl methyl sites for hydroxylation is 2. The minimum absolute atomic E-state index is 0.0223. The van der Waals surface area contributed by atoms with Crippen LogP contribution in [0.25, 0.3) is 0 Å². The summed E-state index contributed by atoms with van der Waals surface area (Å²) in [6, 6.07) is 15.0. The zero-order valence-electron chi connectivity index (χ0n) is 41.8. The molecule has 0 saturated carbocycles. The molecule has 21 nitrogen and oxygen atoms in total. The van der Waals surface area contributed by atoms with Gasteiger partial charge in [0.2, 0.25) is 5.91 Å². The summed E-state index contributed by atoms with van der Waals surface area (Å²) >= 11 is 22.8. The molecular formula is C47H56Cl4F3N4O17P. The molecule has 5 rings (SSSR count). The zero-order valence-corrected chi connectivity index (χ0v) is 45.7. The number of carbonyl (C=O) groups excluding carboxylic acids is 4. The normalized spacial score (nSPS) is 14.1.